The van der Waals surface area contributed by atoms with Gasteiger partial charge < -0.3 is 24.4 Å². The molecule has 2 N–H and O–H groups in total. The summed E-state index contributed by atoms with van der Waals surface area (Å²) < 4.78 is 17.4. The highest BCUT2D eigenvalue weighted by Gasteiger charge is 2.47. The van der Waals surface area contributed by atoms with Gasteiger partial charge in [-0.1, -0.05) is 37.3 Å². The molecule has 164 valence electrons. The number of ether oxygens (including phenoxy) is 3. The van der Waals surface area contributed by atoms with Crippen molar-refractivity contribution in [3.8, 4) is 0 Å². The van der Waals surface area contributed by atoms with E-state index in [-0.39, 0.29) is 31.4 Å². The third-order valence-corrected chi connectivity index (χ3v) is 5.63. The second-order valence-corrected chi connectivity index (χ2v) is 9.15. The molecule has 0 saturated carbocycles. The number of carbonyl (C=O) groups excluding carboxylic acids is 1. The van der Waals surface area contributed by atoms with E-state index in [9.17, 15) is 15.0 Å². The summed E-state index contributed by atoms with van der Waals surface area (Å²) >= 11 is 0. The van der Waals surface area contributed by atoms with Crippen molar-refractivity contribution >= 4 is 5.97 Å². The van der Waals surface area contributed by atoms with E-state index in [0.29, 0.717) is 32.5 Å². The Balaban J connectivity index is 1.93. The summed E-state index contributed by atoms with van der Waals surface area (Å²) in [7, 11) is 0. The van der Waals surface area contributed by atoms with Gasteiger partial charge >= 0.3 is 5.97 Å². The van der Waals surface area contributed by atoms with Gasteiger partial charge in [0.15, 0.2) is 0 Å². The SMILES string of the molecule is CC(C)(C)C(=O)OCC[C@@H]1O[C@H](COCc2ccccc2)C[C@@H](O)[C@@]1(C)CCO. The first kappa shape index (κ1) is 23.8. The lowest BCUT2D eigenvalue weighted by Gasteiger charge is -2.47. The second-order valence-electron chi connectivity index (χ2n) is 9.15. The van der Waals surface area contributed by atoms with Crippen LogP contribution < -0.4 is 0 Å². The summed E-state index contributed by atoms with van der Waals surface area (Å²) in [5.74, 6) is -0.263. The van der Waals surface area contributed by atoms with E-state index < -0.39 is 16.9 Å². The summed E-state index contributed by atoms with van der Waals surface area (Å²) in [5, 5.41) is 20.3. The highest BCUT2D eigenvalue weighted by Crippen LogP contribution is 2.41. The quantitative estimate of drug-likeness (QED) is 0.611. The molecule has 1 heterocycles. The van der Waals surface area contributed by atoms with E-state index >= 15 is 0 Å². The molecule has 1 aromatic carbocycles. The minimum Gasteiger partial charge on any atom is -0.465 e. The van der Waals surface area contributed by atoms with Gasteiger partial charge in [0, 0.05) is 24.9 Å². The first-order valence-electron chi connectivity index (χ1n) is 10.4. The molecule has 1 aliphatic heterocycles. The van der Waals surface area contributed by atoms with Crippen molar-refractivity contribution in [2.24, 2.45) is 10.8 Å². The van der Waals surface area contributed by atoms with Crippen molar-refractivity contribution in [1.29, 1.82) is 0 Å². The summed E-state index contributed by atoms with van der Waals surface area (Å²) in [6, 6.07) is 9.90. The zero-order valence-electron chi connectivity index (χ0n) is 18.1. The Morgan fingerprint density at radius 3 is 2.59 bits per heavy atom. The third kappa shape index (κ3) is 6.78. The molecule has 0 spiro atoms. The predicted molar refractivity (Wildman–Crippen MR) is 110 cm³/mol. The molecule has 6 heteroatoms. The van der Waals surface area contributed by atoms with Gasteiger partial charge in [0.05, 0.1) is 43.5 Å². The molecular formula is C23H36O6. The molecule has 0 bridgehead atoms. The van der Waals surface area contributed by atoms with Gasteiger partial charge in [-0.25, -0.2) is 0 Å². The zero-order chi connectivity index (χ0) is 21.5. The Bertz CT molecular complexity index is 626. The Labute approximate surface area is 174 Å². The van der Waals surface area contributed by atoms with E-state index in [1.165, 1.54) is 0 Å². The largest absolute Gasteiger partial charge is 0.465 e. The molecule has 1 aliphatic rings. The lowest BCUT2D eigenvalue weighted by molar-refractivity contribution is -0.203. The van der Waals surface area contributed by atoms with Crippen LogP contribution in [0.15, 0.2) is 30.3 Å². The van der Waals surface area contributed by atoms with Crippen LogP contribution in [0.1, 0.15) is 52.5 Å². The summed E-state index contributed by atoms with van der Waals surface area (Å²) in [5.41, 5.74) is -0.0758. The first-order chi connectivity index (χ1) is 13.7. The van der Waals surface area contributed by atoms with E-state index in [4.69, 9.17) is 14.2 Å². The highest BCUT2D eigenvalue weighted by atomic mass is 16.6. The van der Waals surface area contributed by atoms with Crippen LogP contribution in [-0.4, -0.2) is 54.3 Å². The maximum absolute atomic E-state index is 12.0. The summed E-state index contributed by atoms with van der Waals surface area (Å²) in [6.07, 6.45) is 0.120. The molecule has 0 unspecified atom stereocenters. The normalized spacial score (nSPS) is 27.6. The molecule has 1 saturated heterocycles. The second kappa shape index (κ2) is 10.5. The molecule has 0 aromatic heterocycles. The van der Waals surface area contributed by atoms with Crippen LogP contribution in [0.3, 0.4) is 0 Å². The van der Waals surface area contributed by atoms with Crippen molar-refractivity contribution in [2.75, 3.05) is 19.8 Å². The number of aliphatic hydroxyl groups excluding tert-OH is 2. The lowest BCUT2D eigenvalue weighted by atomic mass is 9.71. The van der Waals surface area contributed by atoms with Crippen LogP contribution in [0, 0.1) is 10.8 Å². The van der Waals surface area contributed by atoms with Crippen LogP contribution >= 0.6 is 0 Å². The molecular weight excluding hydrogens is 372 g/mol. The Hall–Kier alpha value is -1.47. The molecule has 0 amide bonds. The van der Waals surface area contributed by atoms with Crippen molar-refractivity contribution < 1.29 is 29.2 Å². The third-order valence-electron chi connectivity index (χ3n) is 5.63. The molecule has 6 nitrogen and oxygen atoms in total. The van der Waals surface area contributed by atoms with E-state index in [0.717, 1.165) is 5.56 Å². The number of carbonyl (C=O) groups is 1. The maximum atomic E-state index is 12.0. The molecule has 29 heavy (non-hydrogen) atoms. The average molecular weight is 409 g/mol. The Morgan fingerprint density at radius 2 is 1.97 bits per heavy atom. The fourth-order valence-electron chi connectivity index (χ4n) is 3.61. The van der Waals surface area contributed by atoms with Crippen LogP contribution in [0.2, 0.25) is 0 Å². The number of hydrogen-bond donors (Lipinski definition) is 2. The van der Waals surface area contributed by atoms with Gasteiger partial charge in [-0.05, 0) is 32.8 Å². The van der Waals surface area contributed by atoms with E-state index in [1.807, 2.05) is 58.0 Å². The van der Waals surface area contributed by atoms with Gasteiger partial charge in [-0.2, -0.15) is 0 Å². The average Bonchev–Trinajstić information content (AvgIpc) is 2.66. The van der Waals surface area contributed by atoms with Crippen molar-refractivity contribution in [3.63, 3.8) is 0 Å². The molecule has 2 rings (SSSR count). The standard InChI is InChI=1S/C23H36O6/c1-22(2,3)21(26)28-13-10-20-23(4,11-12-24)19(25)14-18(29-20)16-27-15-17-8-6-5-7-9-17/h5-9,18-20,24-25H,10-16H2,1-4H3/t18-,19+,20-,23+/m0/s1. The van der Waals surface area contributed by atoms with Crippen molar-refractivity contribution in [1.82, 2.24) is 0 Å². The van der Waals surface area contributed by atoms with Crippen LogP contribution in [0.5, 0.6) is 0 Å². The number of benzene rings is 1. The van der Waals surface area contributed by atoms with Gasteiger partial charge in [0.25, 0.3) is 0 Å². The Kier molecular flexibility index (Phi) is 8.64. The van der Waals surface area contributed by atoms with Gasteiger partial charge in [-0.15, -0.1) is 0 Å². The zero-order valence-corrected chi connectivity index (χ0v) is 18.1. The predicted octanol–water partition coefficient (Wildman–Crippen LogP) is 3.09. The smallest absolute Gasteiger partial charge is 0.311 e. The minimum absolute atomic E-state index is 0.0373. The van der Waals surface area contributed by atoms with Crippen molar-refractivity contribution in [2.45, 2.75) is 71.9 Å². The summed E-state index contributed by atoms with van der Waals surface area (Å²) in [6.45, 7) is 8.39. The van der Waals surface area contributed by atoms with Crippen LogP contribution in [-0.2, 0) is 25.6 Å². The maximum Gasteiger partial charge on any atom is 0.311 e. The van der Waals surface area contributed by atoms with Crippen LogP contribution in [0.25, 0.3) is 0 Å². The molecule has 0 radical (unpaired) electrons. The van der Waals surface area contributed by atoms with E-state index in [2.05, 4.69) is 0 Å². The topological polar surface area (TPSA) is 85.2 Å². The number of esters is 1. The fraction of sp³-hybridized carbons (Fsp3) is 0.696. The summed E-state index contributed by atoms with van der Waals surface area (Å²) in [4.78, 5) is 12.0. The number of aliphatic hydroxyl groups is 2. The van der Waals surface area contributed by atoms with E-state index in [1.54, 1.807) is 0 Å². The van der Waals surface area contributed by atoms with Crippen LogP contribution in [0.4, 0.5) is 0 Å². The van der Waals surface area contributed by atoms with Crippen molar-refractivity contribution in [3.05, 3.63) is 35.9 Å². The fourth-order valence-corrected chi connectivity index (χ4v) is 3.61. The molecule has 4 atom stereocenters. The first-order valence-corrected chi connectivity index (χ1v) is 10.4. The number of rotatable bonds is 9. The minimum atomic E-state index is -0.628. The Morgan fingerprint density at radius 1 is 1.28 bits per heavy atom. The van der Waals surface area contributed by atoms with Gasteiger partial charge in [0.2, 0.25) is 0 Å². The lowest BCUT2D eigenvalue weighted by Crippen LogP contribution is -2.53. The monoisotopic (exact) mass is 408 g/mol. The molecule has 1 aromatic rings. The molecule has 0 aliphatic carbocycles. The highest BCUT2D eigenvalue weighted by molar-refractivity contribution is 5.75. The number of hydrogen-bond acceptors (Lipinski definition) is 6. The van der Waals surface area contributed by atoms with Gasteiger partial charge in [-0.3, -0.25) is 4.79 Å². The van der Waals surface area contributed by atoms with Gasteiger partial charge in [0.1, 0.15) is 0 Å². The molecule has 1 fully saturated rings.